The van der Waals surface area contributed by atoms with Gasteiger partial charge in [-0.3, -0.25) is 4.98 Å². The number of aromatic nitrogens is 2. The Kier molecular flexibility index (Phi) is 2.71. The van der Waals surface area contributed by atoms with Crippen molar-refractivity contribution in [2.24, 2.45) is 0 Å². The van der Waals surface area contributed by atoms with Gasteiger partial charge in [-0.25, -0.2) is 4.98 Å². The highest BCUT2D eigenvalue weighted by molar-refractivity contribution is 5.62. The summed E-state index contributed by atoms with van der Waals surface area (Å²) in [6, 6.07) is 8.05. The summed E-state index contributed by atoms with van der Waals surface area (Å²) in [5.41, 5.74) is 4.30. The van der Waals surface area contributed by atoms with Gasteiger partial charge in [0, 0.05) is 5.56 Å². The maximum absolute atomic E-state index is 12.8. The summed E-state index contributed by atoms with van der Waals surface area (Å²) in [7, 11) is 0. The van der Waals surface area contributed by atoms with E-state index in [4.69, 9.17) is 5.73 Å². The maximum atomic E-state index is 12.8. The Morgan fingerprint density at radius 2 is 1.71 bits per heavy atom. The molecule has 0 aliphatic rings. The van der Waals surface area contributed by atoms with E-state index in [0.717, 1.165) is 6.20 Å². The van der Waals surface area contributed by atoms with Gasteiger partial charge >= 0.3 is 6.18 Å². The Labute approximate surface area is 95.1 Å². The van der Waals surface area contributed by atoms with Gasteiger partial charge in [0.1, 0.15) is 11.5 Å². The van der Waals surface area contributed by atoms with Gasteiger partial charge in [0.05, 0.1) is 6.20 Å². The molecule has 0 radical (unpaired) electrons. The van der Waals surface area contributed by atoms with Crippen LogP contribution in [-0.4, -0.2) is 9.97 Å². The molecule has 0 bridgehead atoms. The van der Waals surface area contributed by atoms with E-state index in [1.807, 2.05) is 0 Å². The van der Waals surface area contributed by atoms with E-state index >= 15 is 0 Å². The molecule has 3 nitrogen and oxygen atoms in total. The lowest BCUT2D eigenvalue weighted by molar-refractivity contribution is -0.140. The number of benzene rings is 1. The van der Waals surface area contributed by atoms with Crippen LogP contribution < -0.4 is 5.73 Å². The molecule has 0 fully saturated rings. The summed E-state index contributed by atoms with van der Waals surface area (Å²) in [6.07, 6.45) is -3.47. The van der Waals surface area contributed by atoms with Crippen molar-refractivity contribution < 1.29 is 13.2 Å². The van der Waals surface area contributed by atoms with Gasteiger partial charge in [-0.05, 0) is 0 Å². The maximum Gasteiger partial charge on any atom is 0.435 e. The van der Waals surface area contributed by atoms with Crippen molar-refractivity contribution >= 4 is 5.82 Å². The Hall–Kier alpha value is -2.11. The molecule has 0 amide bonds. The highest BCUT2D eigenvalue weighted by Crippen LogP contribution is 2.34. The first-order valence-electron chi connectivity index (χ1n) is 4.73. The van der Waals surface area contributed by atoms with E-state index in [2.05, 4.69) is 9.97 Å². The van der Waals surface area contributed by atoms with Crippen molar-refractivity contribution in [3.05, 3.63) is 42.2 Å². The first kappa shape index (κ1) is 11.4. The van der Waals surface area contributed by atoms with Crippen LogP contribution in [0.1, 0.15) is 5.69 Å². The first-order chi connectivity index (χ1) is 7.98. The number of nitrogens with two attached hydrogens (primary N) is 1. The molecule has 0 spiro atoms. The number of hydrogen-bond donors (Lipinski definition) is 1. The number of nitrogen functional groups attached to an aromatic ring is 1. The van der Waals surface area contributed by atoms with Crippen LogP contribution in [0.15, 0.2) is 36.5 Å². The number of rotatable bonds is 1. The molecule has 2 aromatic rings. The summed E-state index contributed by atoms with van der Waals surface area (Å²) in [4.78, 5) is 7.02. The fourth-order valence-electron chi connectivity index (χ4n) is 1.41. The van der Waals surface area contributed by atoms with Gasteiger partial charge < -0.3 is 5.73 Å². The van der Waals surface area contributed by atoms with Crippen LogP contribution in [0.2, 0.25) is 0 Å². The molecule has 0 aliphatic heterocycles. The predicted molar refractivity (Wildman–Crippen MR) is 56.9 cm³/mol. The van der Waals surface area contributed by atoms with E-state index < -0.39 is 11.9 Å². The average Bonchev–Trinajstić information content (AvgIpc) is 2.29. The molecular weight excluding hydrogens is 231 g/mol. The zero-order valence-corrected chi connectivity index (χ0v) is 8.57. The molecule has 0 saturated carbocycles. The Morgan fingerprint density at radius 3 is 2.29 bits per heavy atom. The minimum Gasteiger partial charge on any atom is -0.382 e. The van der Waals surface area contributed by atoms with Crippen LogP contribution in [0.3, 0.4) is 0 Å². The molecule has 2 rings (SSSR count). The fraction of sp³-hybridized carbons (Fsp3) is 0.0909. The lowest BCUT2D eigenvalue weighted by Crippen LogP contribution is -2.12. The predicted octanol–water partition coefficient (Wildman–Crippen LogP) is 2.74. The van der Waals surface area contributed by atoms with Crippen molar-refractivity contribution in [1.82, 2.24) is 9.97 Å². The monoisotopic (exact) mass is 239 g/mol. The third kappa shape index (κ3) is 2.35. The van der Waals surface area contributed by atoms with Gasteiger partial charge in [-0.15, -0.1) is 0 Å². The number of hydrogen-bond acceptors (Lipinski definition) is 3. The largest absolute Gasteiger partial charge is 0.435 e. The second-order valence-electron chi connectivity index (χ2n) is 3.36. The molecule has 2 N–H and O–H groups in total. The normalized spacial score (nSPS) is 11.5. The number of nitrogens with zero attached hydrogens (tertiary/aromatic N) is 2. The molecular formula is C11H8F3N3. The summed E-state index contributed by atoms with van der Waals surface area (Å²) >= 11 is 0. The fourth-order valence-corrected chi connectivity index (χ4v) is 1.41. The van der Waals surface area contributed by atoms with Crippen molar-refractivity contribution in [3.8, 4) is 11.3 Å². The van der Waals surface area contributed by atoms with Crippen molar-refractivity contribution in [1.29, 1.82) is 0 Å². The zero-order valence-electron chi connectivity index (χ0n) is 8.57. The molecule has 17 heavy (non-hydrogen) atoms. The zero-order chi connectivity index (χ0) is 12.5. The molecule has 0 saturated heterocycles. The van der Waals surface area contributed by atoms with E-state index in [-0.39, 0.29) is 11.5 Å². The third-order valence-electron chi connectivity index (χ3n) is 2.11. The summed E-state index contributed by atoms with van der Waals surface area (Å²) in [5, 5.41) is 0. The van der Waals surface area contributed by atoms with Crippen LogP contribution >= 0.6 is 0 Å². The van der Waals surface area contributed by atoms with Gasteiger partial charge in [-0.2, -0.15) is 13.2 Å². The van der Waals surface area contributed by atoms with Crippen molar-refractivity contribution in [2.45, 2.75) is 6.18 Å². The van der Waals surface area contributed by atoms with Crippen LogP contribution in [0, 0.1) is 0 Å². The second-order valence-corrected chi connectivity index (χ2v) is 3.36. The lowest BCUT2D eigenvalue weighted by atomic mass is 10.1. The summed E-state index contributed by atoms with van der Waals surface area (Å²) in [5.74, 6) is -0.253. The number of halogens is 3. The highest BCUT2D eigenvalue weighted by Gasteiger charge is 2.36. The Balaban J connectivity index is 2.63. The lowest BCUT2D eigenvalue weighted by Gasteiger charge is -2.11. The highest BCUT2D eigenvalue weighted by atomic mass is 19.4. The van der Waals surface area contributed by atoms with E-state index in [0.29, 0.717) is 5.56 Å². The Bertz CT molecular complexity index is 523. The first-order valence-corrected chi connectivity index (χ1v) is 4.73. The molecule has 0 unspecified atom stereocenters. The van der Waals surface area contributed by atoms with Crippen molar-refractivity contribution in [2.75, 3.05) is 5.73 Å². The smallest absolute Gasteiger partial charge is 0.382 e. The van der Waals surface area contributed by atoms with Crippen molar-refractivity contribution in [3.63, 3.8) is 0 Å². The van der Waals surface area contributed by atoms with E-state index in [1.165, 1.54) is 12.1 Å². The standard InChI is InChI=1S/C11H8F3N3/c12-11(13,14)10-9(16-6-8(15)17-10)7-4-2-1-3-5-7/h1-6H,(H2,15,17). The average molecular weight is 239 g/mol. The molecule has 88 valence electrons. The molecule has 1 aromatic carbocycles. The van der Waals surface area contributed by atoms with E-state index in [1.54, 1.807) is 18.2 Å². The molecule has 1 aromatic heterocycles. The summed E-state index contributed by atoms with van der Waals surface area (Å²) in [6.45, 7) is 0. The van der Waals surface area contributed by atoms with Crippen LogP contribution in [0.25, 0.3) is 11.3 Å². The Morgan fingerprint density at radius 1 is 1.06 bits per heavy atom. The van der Waals surface area contributed by atoms with Gasteiger partial charge in [0.25, 0.3) is 0 Å². The second kappa shape index (κ2) is 4.04. The topological polar surface area (TPSA) is 51.8 Å². The van der Waals surface area contributed by atoms with Crippen LogP contribution in [0.4, 0.5) is 19.0 Å². The molecule has 1 heterocycles. The molecule has 0 atom stereocenters. The van der Waals surface area contributed by atoms with Gasteiger partial charge in [0.2, 0.25) is 0 Å². The minimum atomic E-state index is -4.58. The number of anilines is 1. The summed E-state index contributed by atoms with van der Waals surface area (Å²) < 4.78 is 38.3. The number of alkyl halides is 3. The SMILES string of the molecule is Nc1cnc(-c2ccccc2)c(C(F)(F)F)n1. The molecule has 6 heteroatoms. The van der Waals surface area contributed by atoms with E-state index in [9.17, 15) is 13.2 Å². The molecule has 0 aliphatic carbocycles. The van der Waals surface area contributed by atoms with Crippen LogP contribution in [0.5, 0.6) is 0 Å². The van der Waals surface area contributed by atoms with Crippen LogP contribution in [-0.2, 0) is 6.18 Å². The minimum absolute atomic E-state index is 0.215. The van der Waals surface area contributed by atoms with Gasteiger partial charge in [-0.1, -0.05) is 30.3 Å². The quantitative estimate of drug-likeness (QED) is 0.832. The third-order valence-corrected chi connectivity index (χ3v) is 2.11. The van der Waals surface area contributed by atoms with Gasteiger partial charge in [0.15, 0.2) is 5.69 Å².